The number of methoxy groups -OCH3 is 1. The molecule has 5 rings (SSSR count). The van der Waals surface area contributed by atoms with Crippen molar-refractivity contribution in [2.75, 3.05) is 7.11 Å². The molecule has 3 saturated heterocycles. The minimum absolute atomic E-state index is 0.0452. The fourth-order valence-electron chi connectivity index (χ4n) is 4.67. The van der Waals surface area contributed by atoms with Crippen LogP contribution in [0.5, 0.6) is 0 Å². The van der Waals surface area contributed by atoms with E-state index in [1.165, 1.54) is 0 Å². The van der Waals surface area contributed by atoms with Gasteiger partial charge in [0.25, 0.3) is 5.91 Å². The molecule has 0 saturated carbocycles. The lowest BCUT2D eigenvalue weighted by Crippen LogP contribution is -2.78. The Balaban J connectivity index is 1.72. The summed E-state index contributed by atoms with van der Waals surface area (Å²) in [5.74, 6) is -1.28. The molecule has 31 heavy (non-hydrogen) atoms. The SMILES string of the molecule is CO[C@]1(O[Si](C)(C)C)C[C@@H]2C(=O)N(Cc3ccccc3)[C@H]1C(=O)N2Cc1ccccc1. The Bertz CT molecular complexity index is 947. The highest BCUT2D eigenvalue weighted by molar-refractivity contribution is 6.69. The summed E-state index contributed by atoms with van der Waals surface area (Å²) in [7, 11) is -0.494. The normalized spacial score (nSPS) is 25.9. The smallest absolute Gasteiger partial charge is 0.251 e. The fraction of sp³-hybridized carbons (Fsp3) is 0.417. The van der Waals surface area contributed by atoms with E-state index in [0.29, 0.717) is 19.5 Å². The number of fused-ring (bicyclic) bond motifs is 3. The second-order valence-electron chi connectivity index (χ2n) is 9.26. The maximum Gasteiger partial charge on any atom is 0.251 e. The third kappa shape index (κ3) is 4.17. The minimum atomic E-state index is -2.08. The van der Waals surface area contributed by atoms with E-state index in [0.717, 1.165) is 11.1 Å². The predicted molar refractivity (Wildman–Crippen MR) is 120 cm³/mol. The number of benzene rings is 2. The highest BCUT2D eigenvalue weighted by Gasteiger charge is 2.64. The van der Waals surface area contributed by atoms with Crippen LogP contribution in [0, 0.1) is 0 Å². The van der Waals surface area contributed by atoms with Crippen LogP contribution in [-0.2, 0) is 31.8 Å². The molecular formula is C24H30N2O4Si. The summed E-state index contributed by atoms with van der Waals surface area (Å²) in [5.41, 5.74) is 1.98. The van der Waals surface area contributed by atoms with Crippen molar-refractivity contribution in [1.29, 1.82) is 0 Å². The number of carbonyl (C=O) groups is 2. The van der Waals surface area contributed by atoms with E-state index in [9.17, 15) is 9.59 Å². The monoisotopic (exact) mass is 438 g/mol. The van der Waals surface area contributed by atoms with Gasteiger partial charge in [-0.05, 0) is 30.8 Å². The number of hydrogen-bond donors (Lipinski definition) is 0. The van der Waals surface area contributed by atoms with Crippen molar-refractivity contribution >= 4 is 20.1 Å². The zero-order valence-electron chi connectivity index (χ0n) is 18.6. The van der Waals surface area contributed by atoms with Crippen LogP contribution in [0.15, 0.2) is 60.7 Å². The quantitative estimate of drug-likeness (QED) is 0.491. The van der Waals surface area contributed by atoms with Gasteiger partial charge in [0.15, 0.2) is 20.1 Å². The second kappa shape index (κ2) is 8.22. The maximum atomic E-state index is 13.8. The van der Waals surface area contributed by atoms with Gasteiger partial charge in [0.1, 0.15) is 6.04 Å². The van der Waals surface area contributed by atoms with Crippen LogP contribution in [0.2, 0.25) is 19.6 Å². The van der Waals surface area contributed by atoms with Gasteiger partial charge in [-0.2, -0.15) is 0 Å². The van der Waals surface area contributed by atoms with Gasteiger partial charge in [0, 0.05) is 26.6 Å². The van der Waals surface area contributed by atoms with Crippen LogP contribution in [0.1, 0.15) is 17.5 Å². The summed E-state index contributed by atoms with van der Waals surface area (Å²) in [4.78, 5) is 30.7. The molecule has 3 heterocycles. The average Bonchev–Trinajstić information content (AvgIpc) is 2.74. The summed E-state index contributed by atoms with van der Waals surface area (Å²) in [6.07, 6.45) is 0.348. The number of hydrogen-bond acceptors (Lipinski definition) is 4. The number of piperazine rings is 1. The highest BCUT2D eigenvalue weighted by Crippen LogP contribution is 2.43. The summed E-state index contributed by atoms with van der Waals surface area (Å²) in [6.45, 7) is 6.98. The first kappa shape index (κ1) is 21.7. The lowest BCUT2D eigenvalue weighted by Gasteiger charge is -2.58. The first-order valence-corrected chi connectivity index (χ1v) is 14.1. The zero-order valence-corrected chi connectivity index (χ0v) is 19.6. The van der Waals surface area contributed by atoms with Gasteiger partial charge in [0.2, 0.25) is 5.91 Å². The van der Waals surface area contributed by atoms with Gasteiger partial charge < -0.3 is 19.0 Å². The van der Waals surface area contributed by atoms with Gasteiger partial charge in [-0.1, -0.05) is 60.7 Å². The molecular weight excluding hydrogens is 408 g/mol. The summed E-state index contributed by atoms with van der Waals surface area (Å²) in [6, 6.07) is 18.1. The van der Waals surface area contributed by atoms with Gasteiger partial charge in [-0.15, -0.1) is 0 Å². The third-order valence-electron chi connectivity index (χ3n) is 5.88. The van der Waals surface area contributed by atoms with Gasteiger partial charge in [-0.3, -0.25) is 9.59 Å². The molecule has 3 fully saturated rings. The van der Waals surface area contributed by atoms with Crippen molar-refractivity contribution in [1.82, 2.24) is 9.80 Å². The number of carbonyl (C=O) groups excluding carboxylic acids is 2. The molecule has 0 unspecified atom stereocenters. The van der Waals surface area contributed by atoms with Crippen LogP contribution >= 0.6 is 0 Å². The number of ether oxygens (including phenoxy) is 1. The van der Waals surface area contributed by atoms with Crippen LogP contribution in [0.3, 0.4) is 0 Å². The van der Waals surface area contributed by atoms with Crippen LogP contribution in [0.4, 0.5) is 0 Å². The van der Waals surface area contributed by atoms with Crippen LogP contribution < -0.4 is 0 Å². The first-order valence-electron chi connectivity index (χ1n) is 10.7. The van der Waals surface area contributed by atoms with Crippen molar-refractivity contribution in [3.05, 3.63) is 71.8 Å². The molecule has 164 valence electrons. The molecule has 2 aromatic carbocycles. The Kier molecular flexibility index (Phi) is 5.76. The molecule has 6 nitrogen and oxygen atoms in total. The fourth-order valence-corrected chi connectivity index (χ4v) is 5.98. The van der Waals surface area contributed by atoms with E-state index >= 15 is 0 Å². The van der Waals surface area contributed by atoms with Gasteiger partial charge in [-0.25, -0.2) is 0 Å². The Hall–Kier alpha value is -2.48. The van der Waals surface area contributed by atoms with E-state index in [2.05, 4.69) is 19.6 Å². The first-order chi connectivity index (χ1) is 14.7. The van der Waals surface area contributed by atoms with E-state index in [1.807, 2.05) is 60.7 Å². The lowest BCUT2D eigenvalue weighted by molar-refractivity contribution is -0.258. The second-order valence-corrected chi connectivity index (χ2v) is 13.7. The zero-order chi connectivity index (χ0) is 22.2. The molecule has 7 heteroatoms. The Morgan fingerprint density at radius 2 is 1.39 bits per heavy atom. The Morgan fingerprint density at radius 1 is 0.871 bits per heavy atom. The van der Waals surface area contributed by atoms with Crippen molar-refractivity contribution in [2.45, 2.75) is 57.0 Å². The molecule has 0 N–H and O–H groups in total. The van der Waals surface area contributed by atoms with Crippen molar-refractivity contribution < 1.29 is 18.8 Å². The lowest BCUT2D eigenvalue weighted by atomic mass is 9.83. The van der Waals surface area contributed by atoms with Crippen LogP contribution in [-0.4, -0.2) is 54.9 Å². The number of nitrogens with zero attached hydrogens (tertiary/aromatic N) is 2. The summed E-state index contributed by atoms with van der Waals surface area (Å²) < 4.78 is 12.5. The Labute approximate surface area is 184 Å². The maximum absolute atomic E-state index is 13.8. The topological polar surface area (TPSA) is 59.1 Å². The number of piperidine rings is 2. The molecule has 0 radical (unpaired) electrons. The molecule has 3 atom stereocenters. The van der Waals surface area contributed by atoms with E-state index in [4.69, 9.17) is 9.16 Å². The number of amides is 2. The Morgan fingerprint density at radius 3 is 1.87 bits per heavy atom. The van der Waals surface area contributed by atoms with Crippen molar-refractivity contribution in [2.24, 2.45) is 0 Å². The largest absolute Gasteiger partial charge is 0.389 e. The summed E-state index contributed by atoms with van der Waals surface area (Å²) in [5, 5.41) is 0. The minimum Gasteiger partial charge on any atom is -0.389 e. The van der Waals surface area contributed by atoms with Crippen molar-refractivity contribution in [3.63, 3.8) is 0 Å². The molecule has 2 bridgehead atoms. The molecule has 2 aromatic rings. The van der Waals surface area contributed by atoms with Gasteiger partial charge in [0.05, 0.1) is 0 Å². The van der Waals surface area contributed by atoms with E-state index in [1.54, 1.807) is 16.9 Å². The van der Waals surface area contributed by atoms with Crippen LogP contribution in [0.25, 0.3) is 0 Å². The van der Waals surface area contributed by atoms with Crippen molar-refractivity contribution in [3.8, 4) is 0 Å². The van der Waals surface area contributed by atoms with E-state index < -0.39 is 26.2 Å². The molecule has 3 aliphatic rings. The van der Waals surface area contributed by atoms with Gasteiger partial charge >= 0.3 is 0 Å². The third-order valence-corrected chi connectivity index (χ3v) is 6.84. The molecule has 0 aliphatic carbocycles. The number of rotatable bonds is 7. The highest BCUT2D eigenvalue weighted by atomic mass is 28.4. The van der Waals surface area contributed by atoms with E-state index in [-0.39, 0.29) is 11.8 Å². The molecule has 3 aliphatic heterocycles. The molecule has 0 aromatic heterocycles. The molecule has 0 spiro atoms. The predicted octanol–water partition coefficient (Wildman–Crippen LogP) is 3.39. The average molecular weight is 439 g/mol. The molecule has 2 amide bonds. The summed E-state index contributed by atoms with van der Waals surface area (Å²) >= 11 is 0. The standard InChI is InChI=1S/C24H30N2O4Si/c1-29-24(30-31(2,3)4)15-20-22(27)26(17-19-13-9-6-10-14-19)21(24)23(28)25(20)16-18-11-7-5-8-12-18/h5-14,20-21H,15-17H2,1-4H3/t20-,21+,24+/m1/s1.